The number of hydrogen-bond acceptors (Lipinski definition) is 1. The van der Waals surface area contributed by atoms with Crippen LogP contribution in [-0.4, -0.2) is 0 Å². The van der Waals surface area contributed by atoms with Crippen molar-refractivity contribution in [2.75, 3.05) is 0 Å². The predicted octanol–water partition coefficient (Wildman–Crippen LogP) is 9.08. The molecule has 2 aliphatic rings. The van der Waals surface area contributed by atoms with Gasteiger partial charge in [-0.15, -0.1) is 0 Å². The Balaban J connectivity index is 1.32. The van der Waals surface area contributed by atoms with Crippen molar-refractivity contribution in [3.8, 4) is 6.07 Å². The Morgan fingerprint density at radius 3 is 2.10 bits per heavy atom. The summed E-state index contributed by atoms with van der Waals surface area (Å²) in [4.78, 5) is 0. The summed E-state index contributed by atoms with van der Waals surface area (Å²) in [6.45, 7) is 2.29. The fourth-order valence-corrected chi connectivity index (χ4v) is 5.72. The maximum Gasteiger partial charge on any atom is 0.141 e. The van der Waals surface area contributed by atoms with Crippen molar-refractivity contribution >= 4 is 0 Å². The summed E-state index contributed by atoms with van der Waals surface area (Å²) >= 11 is 0. The first-order valence-electron chi connectivity index (χ1n) is 13.1. The highest BCUT2D eigenvalue weighted by molar-refractivity contribution is 5.35. The normalized spacial score (nSPS) is 26.7. The summed E-state index contributed by atoms with van der Waals surface area (Å²) in [6, 6.07) is 7.09. The van der Waals surface area contributed by atoms with E-state index in [1.807, 2.05) is 12.1 Å². The molecule has 2 fully saturated rings. The minimum Gasteiger partial charge on any atom is -0.206 e. The smallest absolute Gasteiger partial charge is 0.141 e. The van der Waals surface area contributed by atoms with Gasteiger partial charge in [-0.25, -0.2) is 4.39 Å². The van der Waals surface area contributed by atoms with E-state index < -0.39 is 0 Å². The SMILES string of the molecule is CCCCCCCC[C@H]1CC[C@H](/C=C/C2CCC(c3ccc(C#N)c(F)c3)CC2)CC1. The highest BCUT2D eigenvalue weighted by Gasteiger charge is 2.23. The van der Waals surface area contributed by atoms with E-state index in [9.17, 15) is 4.39 Å². The van der Waals surface area contributed by atoms with Gasteiger partial charge in [0, 0.05) is 0 Å². The summed E-state index contributed by atoms with van der Waals surface area (Å²) < 4.78 is 13.9. The number of unbranched alkanes of at least 4 members (excludes halogenated alkanes) is 5. The van der Waals surface area contributed by atoms with Gasteiger partial charge in [-0.3, -0.25) is 0 Å². The van der Waals surface area contributed by atoms with Crippen LogP contribution in [0.4, 0.5) is 4.39 Å². The van der Waals surface area contributed by atoms with Crippen molar-refractivity contribution in [3.05, 3.63) is 47.3 Å². The molecule has 1 aromatic carbocycles. The van der Waals surface area contributed by atoms with Gasteiger partial charge in [0.15, 0.2) is 0 Å². The molecule has 31 heavy (non-hydrogen) atoms. The van der Waals surface area contributed by atoms with Crippen LogP contribution in [0.1, 0.15) is 120 Å². The Hall–Kier alpha value is -1.62. The second kappa shape index (κ2) is 13.0. The number of rotatable bonds is 10. The zero-order valence-corrected chi connectivity index (χ0v) is 19.6. The van der Waals surface area contributed by atoms with Gasteiger partial charge in [0.25, 0.3) is 0 Å². The van der Waals surface area contributed by atoms with Crippen molar-refractivity contribution in [1.82, 2.24) is 0 Å². The number of allylic oxidation sites excluding steroid dienone is 2. The second-order valence-electron chi connectivity index (χ2n) is 10.2. The van der Waals surface area contributed by atoms with Gasteiger partial charge in [0.05, 0.1) is 5.56 Å². The first-order chi connectivity index (χ1) is 15.2. The van der Waals surface area contributed by atoms with Crippen LogP contribution >= 0.6 is 0 Å². The first kappa shape index (κ1) is 24.0. The van der Waals surface area contributed by atoms with Gasteiger partial charge < -0.3 is 0 Å². The van der Waals surface area contributed by atoms with Crippen LogP contribution in [0.2, 0.25) is 0 Å². The van der Waals surface area contributed by atoms with Crippen LogP contribution in [0.15, 0.2) is 30.4 Å². The standard InChI is InChI=1S/C29H42FN/c1-2-3-4-5-6-7-8-23-9-11-24(12-10-23)13-14-25-15-17-26(18-16-25)27-19-20-28(22-31)29(30)21-27/h13-14,19-21,23-26H,2-12,15-18H2,1H3/b14-13+/t23-,24-,25?,26?. The molecule has 0 saturated heterocycles. The first-order valence-corrected chi connectivity index (χ1v) is 13.1. The molecule has 1 nitrogen and oxygen atoms in total. The molecule has 170 valence electrons. The molecule has 0 atom stereocenters. The van der Waals surface area contributed by atoms with E-state index in [-0.39, 0.29) is 11.4 Å². The third-order valence-electron chi connectivity index (χ3n) is 7.87. The van der Waals surface area contributed by atoms with Crippen molar-refractivity contribution in [3.63, 3.8) is 0 Å². The summed E-state index contributed by atoms with van der Waals surface area (Å²) in [5, 5.41) is 8.91. The van der Waals surface area contributed by atoms with Crippen LogP contribution in [0.5, 0.6) is 0 Å². The van der Waals surface area contributed by atoms with Crippen LogP contribution in [0.3, 0.4) is 0 Å². The molecule has 2 aliphatic carbocycles. The largest absolute Gasteiger partial charge is 0.206 e. The van der Waals surface area contributed by atoms with Gasteiger partial charge in [-0.2, -0.15) is 5.26 Å². The fraction of sp³-hybridized carbons (Fsp3) is 0.690. The Labute approximate surface area is 190 Å². The van der Waals surface area contributed by atoms with Crippen LogP contribution in [0, 0.1) is 34.9 Å². The Morgan fingerprint density at radius 2 is 1.48 bits per heavy atom. The molecule has 0 N–H and O–H groups in total. The predicted molar refractivity (Wildman–Crippen MR) is 128 cm³/mol. The number of nitrogens with zero attached hydrogens (tertiary/aromatic N) is 1. The maximum atomic E-state index is 13.9. The highest BCUT2D eigenvalue weighted by atomic mass is 19.1. The summed E-state index contributed by atoms with van der Waals surface area (Å²) in [5.41, 5.74) is 1.23. The van der Waals surface area contributed by atoms with Gasteiger partial charge in [0.2, 0.25) is 0 Å². The molecular weight excluding hydrogens is 381 g/mol. The van der Waals surface area contributed by atoms with Gasteiger partial charge >= 0.3 is 0 Å². The molecule has 0 unspecified atom stereocenters. The Kier molecular flexibility index (Phi) is 10.1. The summed E-state index contributed by atoms with van der Waals surface area (Å²) in [5.74, 6) is 2.56. The molecule has 3 rings (SSSR count). The van der Waals surface area contributed by atoms with E-state index in [4.69, 9.17) is 5.26 Å². The van der Waals surface area contributed by atoms with E-state index in [0.29, 0.717) is 11.8 Å². The highest BCUT2D eigenvalue weighted by Crippen LogP contribution is 2.38. The molecule has 0 radical (unpaired) electrons. The second-order valence-corrected chi connectivity index (χ2v) is 10.2. The number of halogens is 1. The molecule has 2 heteroatoms. The number of benzene rings is 1. The van der Waals surface area contributed by atoms with Gasteiger partial charge in [-0.05, 0) is 92.7 Å². The lowest BCUT2D eigenvalue weighted by Crippen LogP contribution is -2.15. The van der Waals surface area contributed by atoms with Crippen molar-refractivity contribution in [1.29, 1.82) is 5.26 Å². The minimum absolute atomic E-state index is 0.155. The fourth-order valence-electron chi connectivity index (χ4n) is 5.72. The lowest BCUT2D eigenvalue weighted by molar-refractivity contribution is 0.287. The Morgan fingerprint density at radius 1 is 0.871 bits per heavy atom. The molecule has 0 spiro atoms. The molecule has 0 heterocycles. The molecular formula is C29H42FN. The van der Waals surface area contributed by atoms with Crippen LogP contribution in [-0.2, 0) is 0 Å². The quantitative estimate of drug-likeness (QED) is 0.272. The van der Waals surface area contributed by atoms with E-state index in [2.05, 4.69) is 19.1 Å². The topological polar surface area (TPSA) is 23.8 Å². The third-order valence-corrected chi connectivity index (χ3v) is 7.87. The van der Waals surface area contributed by atoms with Crippen LogP contribution < -0.4 is 0 Å². The molecule has 0 bridgehead atoms. The van der Waals surface area contributed by atoms with Crippen molar-refractivity contribution in [2.24, 2.45) is 17.8 Å². The van der Waals surface area contributed by atoms with E-state index in [1.54, 1.807) is 12.1 Å². The lowest BCUT2D eigenvalue weighted by Gasteiger charge is -2.29. The third kappa shape index (κ3) is 7.78. The van der Waals surface area contributed by atoms with E-state index in [1.165, 1.54) is 83.5 Å². The lowest BCUT2D eigenvalue weighted by atomic mass is 9.76. The molecule has 0 aromatic heterocycles. The molecule has 0 amide bonds. The average molecular weight is 424 g/mol. The van der Waals surface area contributed by atoms with E-state index in [0.717, 1.165) is 30.2 Å². The molecule has 2 saturated carbocycles. The monoisotopic (exact) mass is 423 g/mol. The molecule has 1 aromatic rings. The minimum atomic E-state index is -0.367. The number of nitriles is 1. The summed E-state index contributed by atoms with van der Waals surface area (Å²) in [6.07, 6.45) is 25.3. The molecule has 0 aliphatic heterocycles. The van der Waals surface area contributed by atoms with Crippen LogP contribution in [0.25, 0.3) is 0 Å². The van der Waals surface area contributed by atoms with Gasteiger partial charge in [-0.1, -0.05) is 70.1 Å². The van der Waals surface area contributed by atoms with Crippen molar-refractivity contribution < 1.29 is 4.39 Å². The van der Waals surface area contributed by atoms with E-state index >= 15 is 0 Å². The average Bonchev–Trinajstić information content (AvgIpc) is 2.81. The zero-order valence-electron chi connectivity index (χ0n) is 19.6. The van der Waals surface area contributed by atoms with Crippen molar-refractivity contribution in [2.45, 2.75) is 109 Å². The van der Waals surface area contributed by atoms with Gasteiger partial charge in [0.1, 0.15) is 11.9 Å². The number of hydrogen-bond donors (Lipinski definition) is 0. The maximum absolute atomic E-state index is 13.9. The Bertz CT molecular complexity index is 715. The summed E-state index contributed by atoms with van der Waals surface area (Å²) in [7, 11) is 0. The zero-order chi connectivity index (χ0) is 21.9.